The summed E-state index contributed by atoms with van der Waals surface area (Å²) < 4.78 is 17.8. The molecule has 2 spiro atoms. The van der Waals surface area contributed by atoms with Crippen LogP contribution in [0.1, 0.15) is 47.5 Å². The minimum atomic E-state index is -0.511. The molecule has 26 heavy (non-hydrogen) atoms. The van der Waals surface area contributed by atoms with E-state index < -0.39 is 22.0 Å². The molecule has 2 heterocycles. The summed E-state index contributed by atoms with van der Waals surface area (Å²) in [6.45, 7) is 11.0. The maximum absolute atomic E-state index is 12.8. The molecule has 2 aliphatic carbocycles. The molecular formula is C19H26BrIO5. The number of alkyl halides is 2. The van der Waals surface area contributed by atoms with Crippen molar-refractivity contribution in [3.05, 3.63) is 0 Å². The van der Waals surface area contributed by atoms with Crippen LogP contribution >= 0.6 is 38.5 Å². The van der Waals surface area contributed by atoms with E-state index >= 15 is 0 Å². The highest BCUT2D eigenvalue weighted by Gasteiger charge is 2.92. The van der Waals surface area contributed by atoms with Crippen LogP contribution in [0.5, 0.6) is 0 Å². The lowest BCUT2D eigenvalue weighted by Crippen LogP contribution is -2.61. The second-order valence-electron chi connectivity index (χ2n) is 9.19. The van der Waals surface area contributed by atoms with Crippen molar-refractivity contribution in [2.24, 2.45) is 22.7 Å². The van der Waals surface area contributed by atoms with Crippen molar-refractivity contribution in [1.82, 2.24) is 0 Å². The third-order valence-corrected chi connectivity index (χ3v) is 11.0. The Balaban J connectivity index is 1.88. The molecule has 0 bridgehead atoms. The van der Waals surface area contributed by atoms with Crippen LogP contribution in [0.15, 0.2) is 0 Å². The molecule has 2 saturated heterocycles. The number of cyclic esters (lactones) is 1. The third-order valence-electron chi connectivity index (χ3n) is 8.31. The lowest BCUT2D eigenvalue weighted by atomic mass is 9.58. The van der Waals surface area contributed by atoms with Crippen molar-refractivity contribution in [2.45, 2.75) is 74.3 Å². The van der Waals surface area contributed by atoms with Crippen molar-refractivity contribution in [3.8, 4) is 0 Å². The lowest BCUT2D eigenvalue weighted by molar-refractivity contribution is -0.173. The summed E-state index contributed by atoms with van der Waals surface area (Å²) in [4.78, 5) is 23.8. The van der Waals surface area contributed by atoms with Gasteiger partial charge in [-0.15, -0.1) is 0 Å². The van der Waals surface area contributed by atoms with Crippen LogP contribution in [0.25, 0.3) is 0 Å². The predicted octanol–water partition coefficient (Wildman–Crippen LogP) is 3.64. The Morgan fingerprint density at radius 1 is 1.38 bits per heavy atom. The number of esters is 1. The SMILES string of the molecule is CC(OC=O)C1C(C)(I)C2(C[C@H]3C[C@]34C(=O)OC(C)C24C)O[C@]1(C)CBr. The summed E-state index contributed by atoms with van der Waals surface area (Å²) in [6, 6.07) is 0. The number of hydrogen-bond acceptors (Lipinski definition) is 5. The molecule has 4 fully saturated rings. The van der Waals surface area contributed by atoms with Crippen LogP contribution in [0.4, 0.5) is 0 Å². The van der Waals surface area contributed by atoms with Gasteiger partial charge in [0.1, 0.15) is 12.2 Å². The first-order chi connectivity index (χ1) is 12.0. The summed E-state index contributed by atoms with van der Waals surface area (Å²) >= 11 is 6.15. The molecule has 146 valence electrons. The van der Waals surface area contributed by atoms with Gasteiger partial charge in [0.15, 0.2) is 0 Å². The molecule has 4 rings (SSSR count). The van der Waals surface area contributed by atoms with E-state index in [9.17, 15) is 9.59 Å². The summed E-state index contributed by atoms with van der Waals surface area (Å²) in [7, 11) is 0. The number of halogens is 2. The zero-order chi connectivity index (χ0) is 19.3. The van der Waals surface area contributed by atoms with E-state index in [2.05, 4.69) is 59.3 Å². The minimum absolute atomic E-state index is 0.0190. The highest BCUT2D eigenvalue weighted by atomic mass is 127. The molecule has 7 heteroatoms. The second-order valence-corrected chi connectivity index (χ2v) is 12.0. The van der Waals surface area contributed by atoms with E-state index in [1.54, 1.807) is 0 Å². The van der Waals surface area contributed by atoms with Crippen LogP contribution in [0.3, 0.4) is 0 Å². The van der Waals surface area contributed by atoms with Crippen molar-refractivity contribution in [2.75, 3.05) is 5.33 Å². The fourth-order valence-corrected chi connectivity index (χ4v) is 9.64. The molecule has 0 aromatic rings. The van der Waals surface area contributed by atoms with E-state index in [0.29, 0.717) is 17.7 Å². The maximum Gasteiger partial charge on any atom is 0.313 e. The Morgan fingerprint density at radius 2 is 2.04 bits per heavy atom. The van der Waals surface area contributed by atoms with Gasteiger partial charge in [-0.1, -0.05) is 45.4 Å². The average Bonchev–Trinajstić information content (AvgIpc) is 3.12. The smallest absolute Gasteiger partial charge is 0.313 e. The Morgan fingerprint density at radius 3 is 2.62 bits per heavy atom. The van der Waals surface area contributed by atoms with Crippen molar-refractivity contribution < 1.29 is 23.8 Å². The predicted molar refractivity (Wildman–Crippen MR) is 107 cm³/mol. The second kappa shape index (κ2) is 5.38. The number of hydrogen-bond donors (Lipinski definition) is 0. The molecule has 6 unspecified atom stereocenters. The van der Waals surface area contributed by atoms with Gasteiger partial charge in [0, 0.05) is 11.2 Å². The van der Waals surface area contributed by atoms with Crippen LogP contribution in [-0.4, -0.2) is 44.6 Å². The maximum atomic E-state index is 12.8. The van der Waals surface area contributed by atoms with E-state index in [0.717, 1.165) is 12.8 Å². The van der Waals surface area contributed by atoms with Crippen molar-refractivity contribution in [1.29, 1.82) is 0 Å². The molecule has 2 aliphatic heterocycles. The van der Waals surface area contributed by atoms with Crippen LogP contribution in [0, 0.1) is 22.7 Å². The number of ether oxygens (including phenoxy) is 3. The van der Waals surface area contributed by atoms with Gasteiger partial charge < -0.3 is 14.2 Å². The minimum Gasteiger partial charge on any atom is -0.464 e. The normalized spacial score (nSPS) is 58.3. The Kier molecular flexibility index (Phi) is 4.02. The van der Waals surface area contributed by atoms with E-state index in [1.807, 2.05) is 13.8 Å². The molecule has 2 saturated carbocycles. The van der Waals surface area contributed by atoms with Crippen LogP contribution in [-0.2, 0) is 23.8 Å². The fraction of sp³-hybridized carbons (Fsp3) is 0.895. The molecule has 0 aromatic carbocycles. The van der Waals surface area contributed by atoms with Crippen LogP contribution in [0.2, 0.25) is 0 Å². The number of rotatable bonds is 4. The van der Waals surface area contributed by atoms with Gasteiger partial charge in [-0.25, -0.2) is 0 Å². The molecule has 0 radical (unpaired) electrons. The zero-order valence-electron chi connectivity index (χ0n) is 15.8. The quantitative estimate of drug-likeness (QED) is 0.236. The topological polar surface area (TPSA) is 61.8 Å². The highest BCUT2D eigenvalue weighted by Crippen LogP contribution is 2.85. The number of fused-ring (bicyclic) bond motifs is 1. The number of carbonyl (C=O) groups excluding carboxylic acids is 2. The third kappa shape index (κ3) is 1.78. The van der Waals surface area contributed by atoms with Gasteiger partial charge in [0.05, 0.1) is 25.5 Å². The van der Waals surface area contributed by atoms with Gasteiger partial charge in [-0.2, -0.15) is 0 Å². The Hall–Kier alpha value is 0.110. The van der Waals surface area contributed by atoms with Gasteiger partial charge in [-0.05, 0) is 46.5 Å². The van der Waals surface area contributed by atoms with Gasteiger partial charge >= 0.3 is 5.97 Å². The molecular weight excluding hydrogens is 515 g/mol. The van der Waals surface area contributed by atoms with Gasteiger partial charge in [0.25, 0.3) is 6.47 Å². The molecule has 0 aromatic heterocycles. The van der Waals surface area contributed by atoms with Gasteiger partial charge in [0.2, 0.25) is 0 Å². The van der Waals surface area contributed by atoms with E-state index in [-0.39, 0.29) is 27.5 Å². The van der Waals surface area contributed by atoms with E-state index in [1.165, 1.54) is 0 Å². The molecule has 9 atom stereocenters. The highest BCUT2D eigenvalue weighted by molar-refractivity contribution is 14.1. The van der Waals surface area contributed by atoms with E-state index in [4.69, 9.17) is 14.2 Å². The van der Waals surface area contributed by atoms with Crippen molar-refractivity contribution in [3.63, 3.8) is 0 Å². The van der Waals surface area contributed by atoms with Gasteiger partial charge in [-0.3, -0.25) is 9.59 Å². The summed E-state index contributed by atoms with van der Waals surface area (Å²) in [6.07, 6.45) is 1.27. The molecule has 0 N–H and O–H groups in total. The first-order valence-electron chi connectivity index (χ1n) is 9.24. The number of carbonyl (C=O) groups is 2. The largest absolute Gasteiger partial charge is 0.464 e. The van der Waals surface area contributed by atoms with Crippen LogP contribution < -0.4 is 0 Å². The summed E-state index contributed by atoms with van der Waals surface area (Å²) in [5, 5.41) is 0.633. The Bertz CT molecular complexity index is 685. The summed E-state index contributed by atoms with van der Waals surface area (Å²) in [5.74, 6) is 0.250. The summed E-state index contributed by atoms with van der Waals surface area (Å²) in [5.41, 5.74) is -1.82. The standard InChI is InChI=1S/C19H26BrIO5/c1-10(24-9-22)13-15(3,8-20)26-19(17(13,5)21)7-12-6-18(12)14(23)25-11(2)16(18,19)4/h9-13H,6-8H2,1-5H3/t10?,11?,12-,13?,15-,16?,17?,18-,19?/m1/s1. The monoisotopic (exact) mass is 540 g/mol. The molecule has 5 nitrogen and oxygen atoms in total. The zero-order valence-corrected chi connectivity index (χ0v) is 19.5. The first kappa shape index (κ1) is 19.4. The fourth-order valence-electron chi connectivity index (χ4n) is 7.12. The Labute approximate surface area is 176 Å². The first-order valence-corrected chi connectivity index (χ1v) is 11.4. The lowest BCUT2D eigenvalue weighted by Gasteiger charge is -2.51. The average molecular weight is 541 g/mol. The van der Waals surface area contributed by atoms with Crippen molar-refractivity contribution >= 4 is 51.0 Å². The molecule has 4 aliphatic rings. The molecule has 0 amide bonds.